The number of aromatic nitrogens is 1. The summed E-state index contributed by atoms with van der Waals surface area (Å²) < 4.78 is 0. The maximum atomic E-state index is 10.5. The van der Waals surface area contributed by atoms with Gasteiger partial charge in [0, 0.05) is 11.6 Å². The Kier molecular flexibility index (Phi) is 3.47. The van der Waals surface area contributed by atoms with Crippen LogP contribution < -0.4 is 0 Å². The summed E-state index contributed by atoms with van der Waals surface area (Å²) >= 11 is 5.84. The van der Waals surface area contributed by atoms with Gasteiger partial charge in [0.2, 0.25) is 0 Å². The zero-order chi connectivity index (χ0) is 10.7. The molecule has 1 atom stereocenters. The van der Waals surface area contributed by atoms with Crippen LogP contribution in [0.25, 0.3) is 0 Å². The third-order valence-electron chi connectivity index (χ3n) is 2.04. The Morgan fingerprint density at radius 2 is 2.29 bits per heavy atom. The molecule has 4 heteroatoms. The lowest BCUT2D eigenvalue weighted by molar-refractivity contribution is -0.137. The molecule has 0 aliphatic heterocycles. The second-order valence-corrected chi connectivity index (χ2v) is 3.70. The molecule has 1 heterocycles. The minimum Gasteiger partial charge on any atom is -0.481 e. The number of pyridine rings is 1. The van der Waals surface area contributed by atoms with E-state index >= 15 is 0 Å². The summed E-state index contributed by atoms with van der Waals surface area (Å²) in [5.74, 6) is -0.929. The Hall–Kier alpha value is -1.09. The predicted molar refractivity (Wildman–Crippen MR) is 54.7 cm³/mol. The predicted octanol–water partition coefficient (Wildman–Crippen LogP) is 2.62. The van der Waals surface area contributed by atoms with Crippen LogP contribution in [-0.2, 0) is 4.79 Å². The van der Waals surface area contributed by atoms with Gasteiger partial charge in [-0.1, -0.05) is 24.6 Å². The first-order chi connectivity index (χ1) is 6.50. The molecule has 1 aromatic heterocycles. The second-order valence-electron chi connectivity index (χ2n) is 3.34. The van der Waals surface area contributed by atoms with E-state index in [9.17, 15) is 4.79 Å². The van der Waals surface area contributed by atoms with Crippen LogP contribution in [0.5, 0.6) is 0 Å². The van der Waals surface area contributed by atoms with Crippen LogP contribution in [-0.4, -0.2) is 16.1 Å². The smallest absolute Gasteiger partial charge is 0.304 e. The van der Waals surface area contributed by atoms with E-state index in [1.165, 1.54) is 0 Å². The third kappa shape index (κ3) is 2.70. The van der Waals surface area contributed by atoms with Gasteiger partial charge in [0.05, 0.1) is 6.42 Å². The van der Waals surface area contributed by atoms with Crippen molar-refractivity contribution in [3.8, 4) is 0 Å². The van der Waals surface area contributed by atoms with Gasteiger partial charge in [0.15, 0.2) is 0 Å². The zero-order valence-electron chi connectivity index (χ0n) is 8.12. The van der Waals surface area contributed by atoms with E-state index in [-0.39, 0.29) is 12.3 Å². The SMILES string of the molecule is Cc1ccc(C(C)CC(=O)O)nc1Cl. The molecule has 0 saturated carbocycles. The van der Waals surface area contributed by atoms with Gasteiger partial charge >= 0.3 is 5.97 Å². The average molecular weight is 214 g/mol. The number of aliphatic carboxylic acids is 1. The first kappa shape index (κ1) is 11.0. The molecule has 0 aliphatic rings. The highest BCUT2D eigenvalue weighted by atomic mass is 35.5. The Morgan fingerprint density at radius 1 is 1.64 bits per heavy atom. The summed E-state index contributed by atoms with van der Waals surface area (Å²) in [6.07, 6.45) is 0.0758. The molecule has 0 aromatic carbocycles. The maximum Gasteiger partial charge on any atom is 0.304 e. The van der Waals surface area contributed by atoms with Crippen LogP contribution >= 0.6 is 11.6 Å². The van der Waals surface area contributed by atoms with Crippen molar-refractivity contribution >= 4 is 17.6 Å². The van der Waals surface area contributed by atoms with Crippen LogP contribution in [0.1, 0.15) is 30.5 Å². The molecule has 1 rings (SSSR count). The number of nitrogens with zero attached hydrogens (tertiary/aromatic N) is 1. The molecule has 0 bridgehead atoms. The molecule has 0 fully saturated rings. The van der Waals surface area contributed by atoms with Gasteiger partial charge in [-0.2, -0.15) is 0 Å². The average Bonchev–Trinajstić information content (AvgIpc) is 2.08. The summed E-state index contributed by atoms with van der Waals surface area (Å²) in [4.78, 5) is 14.6. The molecular weight excluding hydrogens is 202 g/mol. The molecule has 0 aliphatic carbocycles. The van der Waals surface area contributed by atoms with Gasteiger partial charge in [-0.3, -0.25) is 4.79 Å². The summed E-state index contributed by atoms with van der Waals surface area (Å²) in [6, 6.07) is 3.66. The van der Waals surface area contributed by atoms with E-state index < -0.39 is 5.97 Å². The molecule has 0 amide bonds. The molecule has 1 unspecified atom stereocenters. The number of carboxylic acids is 1. The van der Waals surface area contributed by atoms with Gasteiger partial charge in [-0.25, -0.2) is 4.98 Å². The standard InChI is InChI=1S/C10H12ClNO2/c1-6-3-4-8(12-10(6)11)7(2)5-9(13)14/h3-4,7H,5H2,1-2H3,(H,13,14). The van der Waals surface area contributed by atoms with E-state index in [4.69, 9.17) is 16.7 Å². The highest BCUT2D eigenvalue weighted by molar-refractivity contribution is 6.30. The Balaban J connectivity index is 2.85. The molecule has 1 N–H and O–H groups in total. The number of carboxylic acid groups (broad SMARTS) is 1. The number of hydrogen-bond acceptors (Lipinski definition) is 2. The number of hydrogen-bond donors (Lipinski definition) is 1. The minimum atomic E-state index is -0.823. The zero-order valence-corrected chi connectivity index (χ0v) is 8.88. The summed E-state index contributed by atoms with van der Waals surface area (Å²) in [6.45, 7) is 3.68. The number of rotatable bonds is 3. The number of halogens is 1. The van der Waals surface area contributed by atoms with Crippen molar-refractivity contribution < 1.29 is 9.90 Å². The Labute approximate surface area is 87.7 Å². The molecule has 76 valence electrons. The monoisotopic (exact) mass is 213 g/mol. The van der Waals surface area contributed by atoms with Crippen LogP contribution in [0.4, 0.5) is 0 Å². The van der Waals surface area contributed by atoms with Crippen LogP contribution in [0.2, 0.25) is 5.15 Å². The molecule has 1 aromatic rings. The van der Waals surface area contributed by atoms with Crippen molar-refractivity contribution in [1.29, 1.82) is 0 Å². The lowest BCUT2D eigenvalue weighted by Gasteiger charge is -2.08. The molecule has 3 nitrogen and oxygen atoms in total. The van der Waals surface area contributed by atoms with E-state index in [0.29, 0.717) is 5.15 Å². The maximum absolute atomic E-state index is 10.5. The first-order valence-electron chi connectivity index (χ1n) is 4.35. The van der Waals surface area contributed by atoms with Crippen molar-refractivity contribution in [3.05, 3.63) is 28.5 Å². The van der Waals surface area contributed by atoms with E-state index in [1.807, 2.05) is 26.0 Å². The molecule has 0 spiro atoms. The van der Waals surface area contributed by atoms with Gasteiger partial charge in [0.1, 0.15) is 5.15 Å². The van der Waals surface area contributed by atoms with Gasteiger partial charge < -0.3 is 5.11 Å². The van der Waals surface area contributed by atoms with E-state index in [2.05, 4.69) is 4.98 Å². The number of aryl methyl sites for hydroxylation is 1. The largest absolute Gasteiger partial charge is 0.481 e. The highest BCUT2D eigenvalue weighted by Crippen LogP contribution is 2.20. The van der Waals surface area contributed by atoms with Gasteiger partial charge in [0.25, 0.3) is 0 Å². The normalized spacial score (nSPS) is 12.5. The lowest BCUT2D eigenvalue weighted by atomic mass is 10.0. The van der Waals surface area contributed by atoms with E-state index in [1.54, 1.807) is 0 Å². The fourth-order valence-electron chi connectivity index (χ4n) is 1.16. The Bertz CT molecular complexity index is 352. The van der Waals surface area contributed by atoms with Crippen molar-refractivity contribution in [2.75, 3.05) is 0 Å². The third-order valence-corrected chi connectivity index (χ3v) is 2.43. The van der Waals surface area contributed by atoms with Crippen molar-refractivity contribution in [3.63, 3.8) is 0 Å². The highest BCUT2D eigenvalue weighted by Gasteiger charge is 2.12. The fourth-order valence-corrected chi connectivity index (χ4v) is 1.32. The van der Waals surface area contributed by atoms with Crippen LogP contribution in [0, 0.1) is 6.92 Å². The fraction of sp³-hybridized carbons (Fsp3) is 0.400. The van der Waals surface area contributed by atoms with E-state index in [0.717, 1.165) is 11.3 Å². The number of carbonyl (C=O) groups is 1. The summed E-state index contributed by atoms with van der Waals surface area (Å²) in [5.41, 5.74) is 1.63. The topological polar surface area (TPSA) is 50.2 Å². The minimum absolute atomic E-state index is 0.0758. The first-order valence-corrected chi connectivity index (χ1v) is 4.73. The van der Waals surface area contributed by atoms with Gasteiger partial charge in [-0.15, -0.1) is 0 Å². The van der Waals surface area contributed by atoms with Crippen LogP contribution in [0.15, 0.2) is 12.1 Å². The molecular formula is C10H12ClNO2. The van der Waals surface area contributed by atoms with Gasteiger partial charge in [-0.05, 0) is 18.6 Å². The van der Waals surface area contributed by atoms with Crippen molar-refractivity contribution in [2.45, 2.75) is 26.2 Å². The summed E-state index contributed by atoms with van der Waals surface area (Å²) in [5, 5.41) is 9.05. The van der Waals surface area contributed by atoms with Crippen molar-refractivity contribution in [2.24, 2.45) is 0 Å². The van der Waals surface area contributed by atoms with Crippen molar-refractivity contribution in [1.82, 2.24) is 4.98 Å². The molecule has 14 heavy (non-hydrogen) atoms. The summed E-state index contributed by atoms with van der Waals surface area (Å²) in [7, 11) is 0. The lowest BCUT2D eigenvalue weighted by Crippen LogP contribution is -2.04. The van der Waals surface area contributed by atoms with Crippen LogP contribution in [0.3, 0.4) is 0 Å². The second kappa shape index (κ2) is 4.42. The Morgan fingerprint density at radius 3 is 2.79 bits per heavy atom. The quantitative estimate of drug-likeness (QED) is 0.786. The molecule has 0 radical (unpaired) electrons. The molecule has 0 saturated heterocycles.